The van der Waals surface area contributed by atoms with Crippen LogP contribution in [-0.4, -0.2) is 6.61 Å². The maximum Gasteiger partial charge on any atom is 0.119 e. The zero-order chi connectivity index (χ0) is 10.4. The number of ether oxygens (including phenoxy) is 1. The van der Waals surface area contributed by atoms with Gasteiger partial charge in [0.15, 0.2) is 0 Å². The maximum absolute atomic E-state index is 5.75. The Morgan fingerprint density at radius 3 is 3.00 bits per heavy atom. The molecule has 2 heteroatoms. The third kappa shape index (κ3) is 3.12. The van der Waals surface area contributed by atoms with Crippen molar-refractivity contribution in [2.45, 2.75) is 19.4 Å². The monoisotopic (exact) mass is 189 g/mol. The summed E-state index contributed by atoms with van der Waals surface area (Å²) < 4.78 is 5.44. The normalized spacial score (nSPS) is 11.8. The highest BCUT2D eigenvalue weighted by molar-refractivity contribution is 5.30. The SMILES string of the molecule is C#CCCOc1cccc([C@H](C)N)c1. The van der Waals surface area contributed by atoms with Crippen molar-refractivity contribution in [1.29, 1.82) is 0 Å². The van der Waals surface area contributed by atoms with Gasteiger partial charge in [0.2, 0.25) is 0 Å². The van der Waals surface area contributed by atoms with Crippen molar-refractivity contribution in [3.63, 3.8) is 0 Å². The molecular weight excluding hydrogens is 174 g/mol. The lowest BCUT2D eigenvalue weighted by Gasteiger charge is -2.08. The molecular formula is C12H15NO. The zero-order valence-corrected chi connectivity index (χ0v) is 8.36. The Kier molecular flexibility index (Phi) is 4.03. The second kappa shape index (κ2) is 5.31. The molecule has 0 amide bonds. The lowest BCUT2D eigenvalue weighted by molar-refractivity contribution is 0.327. The van der Waals surface area contributed by atoms with Gasteiger partial charge in [-0.2, -0.15) is 0 Å². The van der Waals surface area contributed by atoms with Gasteiger partial charge in [0.1, 0.15) is 5.75 Å². The van der Waals surface area contributed by atoms with E-state index < -0.39 is 0 Å². The van der Waals surface area contributed by atoms with Crippen LogP contribution in [0.3, 0.4) is 0 Å². The fraction of sp³-hybridized carbons (Fsp3) is 0.333. The van der Waals surface area contributed by atoms with Crippen LogP contribution >= 0.6 is 0 Å². The van der Waals surface area contributed by atoms with Gasteiger partial charge in [0, 0.05) is 12.5 Å². The van der Waals surface area contributed by atoms with Crippen molar-refractivity contribution in [2.75, 3.05) is 6.61 Å². The molecule has 1 aromatic carbocycles. The second-order valence-corrected chi connectivity index (χ2v) is 3.16. The summed E-state index contributed by atoms with van der Waals surface area (Å²) >= 11 is 0. The molecule has 0 unspecified atom stereocenters. The van der Waals surface area contributed by atoms with Gasteiger partial charge in [-0.3, -0.25) is 0 Å². The standard InChI is InChI=1S/C12H15NO/c1-3-4-8-14-12-7-5-6-11(9-12)10(2)13/h1,5-7,9-10H,4,8,13H2,2H3/t10-/m0/s1. The van der Waals surface area contributed by atoms with Gasteiger partial charge >= 0.3 is 0 Å². The molecule has 0 aliphatic rings. The Hall–Kier alpha value is -1.46. The molecule has 2 N–H and O–H groups in total. The van der Waals surface area contributed by atoms with Crippen molar-refractivity contribution in [3.05, 3.63) is 29.8 Å². The topological polar surface area (TPSA) is 35.2 Å². The molecule has 0 radical (unpaired) electrons. The first-order valence-corrected chi connectivity index (χ1v) is 4.66. The third-order valence-corrected chi connectivity index (χ3v) is 1.90. The molecule has 0 bridgehead atoms. The van der Waals surface area contributed by atoms with E-state index in [4.69, 9.17) is 16.9 Å². The Morgan fingerprint density at radius 1 is 1.57 bits per heavy atom. The van der Waals surface area contributed by atoms with E-state index >= 15 is 0 Å². The second-order valence-electron chi connectivity index (χ2n) is 3.16. The maximum atomic E-state index is 5.75. The summed E-state index contributed by atoms with van der Waals surface area (Å²) in [5, 5.41) is 0. The third-order valence-electron chi connectivity index (χ3n) is 1.90. The molecule has 14 heavy (non-hydrogen) atoms. The number of rotatable bonds is 4. The molecule has 0 aromatic heterocycles. The van der Waals surface area contributed by atoms with Gasteiger partial charge < -0.3 is 10.5 Å². The first-order chi connectivity index (χ1) is 6.74. The molecule has 0 heterocycles. The summed E-state index contributed by atoms with van der Waals surface area (Å²) in [5.74, 6) is 3.35. The molecule has 0 spiro atoms. The molecule has 2 nitrogen and oxygen atoms in total. The quantitative estimate of drug-likeness (QED) is 0.581. The van der Waals surface area contributed by atoms with Crippen molar-refractivity contribution in [2.24, 2.45) is 5.73 Å². The van der Waals surface area contributed by atoms with E-state index in [1.54, 1.807) is 0 Å². The lowest BCUT2D eigenvalue weighted by atomic mass is 10.1. The van der Waals surface area contributed by atoms with E-state index in [1.807, 2.05) is 31.2 Å². The average molecular weight is 189 g/mol. The zero-order valence-electron chi connectivity index (χ0n) is 8.36. The molecule has 1 aromatic rings. The molecule has 0 saturated heterocycles. The molecule has 1 rings (SSSR count). The van der Waals surface area contributed by atoms with Gasteiger partial charge in [-0.05, 0) is 24.6 Å². The molecule has 0 aliphatic carbocycles. The van der Waals surface area contributed by atoms with Crippen LogP contribution in [0.5, 0.6) is 5.75 Å². The van der Waals surface area contributed by atoms with E-state index in [-0.39, 0.29) is 6.04 Å². The number of hydrogen-bond donors (Lipinski definition) is 1. The molecule has 1 atom stereocenters. The van der Waals surface area contributed by atoms with Crippen LogP contribution in [-0.2, 0) is 0 Å². The summed E-state index contributed by atoms with van der Waals surface area (Å²) in [6.45, 7) is 2.50. The van der Waals surface area contributed by atoms with Gasteiger partial charge in [-0.15, -0.1) is 12.3 Å². The summed E-state index contributed by atoms with van der Waals surface area (Å²) in [4.78, 5) is 0. The largest absolute Gasteiger partial charge is 0.493 e. The van der Waals surface area contributed by atoms with Gasteiger partial charge in [0.25, 0.3) is 0 Å². The summed E-state index contributed by atoms with van der Waals surface area (Å²) in [6, 6.07) is 7.80. The summed E-state index contributed by atoms with van der Waals surface area (Å²) in [6.07, 6.45) is 5.75. The first-order valence-electron chi connectivity index (χ1n) is 4.66. The highest BCUT2D eigenvalue weighted by atomic mass is 16.5. The Balaban J connectivity index is 2.60. The lowest BCUT2D eigenvalue weighted by Crippen LogP contribution is -2.05. The van der Waals surface area contributed by atoms with E-state index in [1.165, 1.54) is 0 Å². The van der Waals surface area contributed by atoms with Gasteiger partial charge in [-0.25, -0.2) is 0 Å². The predicted molar refractivity (Wildman–Crippen MR) is 58.0 cm³/mol. The van der Waals surface area contributed by atoms with Crippen LogP contribution in [0.2, 0.25) is 0 Å². The van der Waals surface area contributed by atoms with Crippen LogP contribution in [0.4, 0.5) is 0 Å². The highest BCUT2D eigenvalue weighted by Gasteiger charge is 2.00. The minimum atomic E-state index is 0.0335. The van der Waals surface area contributed by atoms with E-state index in [0.29, 0.717) is 13.0 Å². The minimum absolute atomic E-state index is 0.0335. The highest BCUT2D eigenvalue weighted by Crippen LogP contribution is 2.17. The molecule has 74 valence electrons. The van der Waals surface area contributed by atoms with Crippen molar-refractivity contribution in [1.82, 2.24) is 0 Å². The number of hydrogen-bond acceptors (Lipinski definition) is 2. The van der Waals surface area contributed by atoms with Crippen molar-refractivity contribution in [3.8, 4) is 18.1 Å². The van der Waals surface area contributed by atoms with Crippen molar-refractivity contribution >= 4 is 0 Å². The molecule has 0 fully saturated rings. The Labute approximate surface area is 85.1 Å². The minimum Gasteiger partial charge on any atom is -0.493 e. The van der Waals surface area contributed by atoms with Gasteiger partial charge in [-0.1, -0.05) is 12.1 Å². The van der Waals surface area contributed by atoms with Crippen LogP contribution in [0.1, 0.15) is 24.9 Å². The van der Waals surface area contributed by atoms with Crippen molar-refractivity contribution < 1.29 is 4.74 Å². The Morgan fingerprint density at radius 2 is 2.36 bits per heavy atom. The average Bonchev–Trinajstić information content (AvgIpc) is 2.19. The van der Waals surface area contributed by atoms with E-state index in [2.05, 4.69) is 5.92 Å². The van der Waals surface area contributed by atoms with E-state index in [0.717, 1.165) is 11.3 Å². The van der Waals surface area contributed by atoms with Crippen LogP contribution in [0.15, 0.2) is 24.3 Å². The summed E-state index contributed by atoms with van der Waals surface area (Å²) in [5.41, 5.74) is 6.82. The number of benzene rings is 1. The van der Waals surface area contributed by atoms with E-state index in [9.17, 15) is 0 Å². The fourth-order valence-electron chi connectivity index (χ4n) is 1.12. The molecule has 0 saturated carbocycles. The van der Waals surface area contributed by atoms with Crippen LogP contribution in [0.25, 0.3) is 0 Å². The van der Waals surface area contributed by atoms with Crippen LogP contribution < -0.4 is 10.5 Å². The Bertz CT molecular complexity index is 325. The number of terminal acetylenes is 1. The number of nitrogens with two attached hydrogens (primary N) is 1. The first kappa shape index (κ1) is 10.6. The summed E-state index contributed by atoms with van der Waals surface area (Å²) in [7, 11) is 0. The van der Waals surface area contributed by atoms with Gasteiger partial charge in [0.05, 0.1) is 6.61 Å². The fourth-order valence-corrected chi connectivity index (χ4v) is 1.12. The van der Waals surface area contributed by atoms with Crippen LogP contribution in [0, 0.1) is 12.3 Å². The smallest absolute Gasteiger partial charge is 0.119 e. The predicted octanol–water partition coefficient (Wildman–Crippen LogP) is 2.11. The molecule has 0 aliphatic heterocycles.